The fraction of sp³-hybridized carbons (Fsp3) is 0.375. The zero-order valence-electron chi connectivity index (χ0n) is 13.9. The lowest BCUT2D eigenvalue weighted by Crippen LogP contribution is -2.33. The average molecular weight is 391 g/mol. The summed E-state index contributed by atoms with van der Waals surface area (Å²) in [5.41, 5.74) is 2.66. The molecule has 1 aromatic carbocycles. The highest BCUT2D eigenvalue weighted by Crippen LogP contribution is 2.20. The van der Waals surface area contributed by atoms with Gasteiger partial charge in [-0.1, -0.05) is 6.07 Å². The summed E-state index contributed by atoms with van der Waals surface area (Å²) in [4.78, 5) is 12.3. The molecule has 0 spiro atoms. The summed E-state index contributed by atoms with van der Waals surface area (Å²) in [6.45, 7) is 0.249. The first kappa shape index (κ1) is 17.3. The van der Waals surface area contributed by atoms with E-state index in [1.807, 2.05) is 0 Å². The van der Waals surface area contributed by atoms with Crippen LogP contribution < -0.4 is 10.3 Å². The molecule has 0 radical (unpaired) electrons. The maximum absolute atomic E-state index is 12.6. The second-order valence-corrected chi connectivity index (χ2v) is 8.43. The van der Waals surface area contributed by atoms with Gasteiger partial charge in [0.05, 0.1) is 24.0 Å². The standard InChI is InChI=1S/C16H17N5O3S2/c22-15-10-11-4-1-2-5-12(11)18-21(15)9-8-17-26(23,24)14-7-3-6-13-16(14)20-25-19-13/h3,6-7,10,17H,1-2,4-5,8-9H2. The molecule has 26 heavy (non-hydrogen) atoms. The van der Waals surface area contributed by atoms with Gasteiger partial charge in [-0.05, 0) is 43.4 Å². The van der Waals surface area contributed by atoms with Gasteiger partial charge < -0.3 is 0 Å². The molecule has 0 atom stereocenters. The second-order valence-electron chi connectivity index (χ2n) is 6.17. The van der Waals surface area contributed by atoms with Crippen LogP contribution in [-0.4, -0.2) is 33.5 Å². The molecule has 10 heteroatoms. The van der Waals surface area contributed by atoms with Gasteiger partial charge in [0, 0.05) is 12.6 Å². The van der Waals surface area contributed by atoms with Gasteiger partial charge in [-0.15, -0.1) is 0 Å². The Balaban J connectivity index is 1.51. The van der Waals surface area contributed by atoms with Crippen molar-refractivity contribution in [3.63, 3.8) is 0 Å². The fourth-order valence-electron chi connectivity index (χ4n) is 3.12. The third-order valence-electron chi connectivity index (χ3n) is 4.43. The Morgan fingerprint density at radius 1 is 1.19 bits per heavy atom. The summed E-state index contributed by atoms with van der Waals surface area (Å²) in [6.07, 6.45) is 3.89. The zero-order chi connectivity index (χ0) is 18.1. The van der Waals surface area contributed by atoms with Gasteiger partial charge in [0.1, 0.15) is 15.9 Å². The molecule has 8 nitrogen and oxygen atoms in total. The summed E-state index contributed by atoms with van der Waals surface area (Å²) >= 11 is 0.971. The number of fused-ring (bicyclic) bond motifs is 2. The number of nitrogens with one attached hydrogen (secondary N) is 1. The summed E-state index contributed by atoms with van der Waals surface area (Å²) in [6, 6.07) is 6.47. The van der Waals surface area contributed by atoms with Gasteiger partial charge in [-0.2, -0.15) is 13.8 Å². The maximum atomic E-state index is 12.6. The largest absolute Gasteiger partial charge is 0.268 e. The van der Waals surface area contributed by atoms with Crippen LogP contribution in [0.25, 0.3) is 11.0 Å². The minimum Gasteiger partial charge on any atom is -0.268 e. The van der Waals surface area contributed by atoms with Gasteiger partial charge in [-0.3, -0.25) is 4.79 Å². The van der Waals surface area contributed by atoms with Crippen LogP contribution in [0.3, 0.4) is 0 Å². The highest BCUT2D eigenvalue weighted by Gasteiger charge is 2.19. The van der Waals surface area contributed by atoms with Crippen LogP contribution in [0.5, 0.6) is 0 Å². The zero-order valence-corrected chi connectivity index (χ0v) is 15.5. The topological polar surface area (TPSA) is 107 Å². The molecule has 1 N–H and O–H groups in total. The van der Waals surface area contributed by atoms with Crippen molar-refractivity contribution < 1.29 is 8.42 Å². The van der Waals surface area contributed by atoms with Crippen LogP contribution in [0.4, 0.5) is 0 Å². The number of benzene rings is 1. The van der Waals surface area contributed by atoms with E-state index in [4.69, 9.17) is 0 Å². The van der Waals surface area contributed by atoms with Crippen LogP contribution in [0.15, 0.2) is 34.0 Å². The number of aryl methyl sites for hydroxylation is 2. The SMILES string of the molecule is O=c1cc2c(nn1CCNS(=O)(=O)c1cccc3nsnc13)CCCC2. The van der Waals surface area contributed by atoms with Crippen molar-refractivity contribution in [2.24, 2.45) is 0 Å². The van der Waals surface area contributed by atoms with E-state index >= 15 is 0 Å². The van der Waals surface area contributed by atoms with E-state index in [-0.39, 0.29) is 23.5 Å². The number of sulfonamides is 1. The van der Waals surface area contributed by atoms with Crippen molar-refractivity contribution >= 4 is 32.8 Å². The van der Waals surface area contributed by atoms with Crippen LogP contribution >= 0.6 is 11.7 Å². The highest BCUT2D eigenvalue weighted by atomic mass is 32.2. The van der Waals surface area contributed by atoms with E-state index in [1.54, 1.807) is 18.2 Å². The Morgan fingerprint density at radius 2 is 2.04 bits per heavy atom. The quantitative estimate of drug-likeness (QED) is 0.698. The lowest BCUT2D eigenvalue weighted by atomic mass is 9.97. The monoisotopic (exact) mass is 391 g/mol. The van der Waals surface area contributed by atoms with E-state index < -0.39 is 10.0 Å². The fourth-order valence-corrected chi connectivity index (χ4v) is 4.91. The molecule has 0 fully saturated rings. The second kappa shape index (κ2) is 6.86. The minimum absolute atomic E-state index is 0.0714. The molecular formula is C16H17N5O3S2. The van der Waals surface area contributed by atoms with E-state index in [2.05, 4.69) is 18.6 Å². The Labute approximate surface area is 154 Å². The van der Waals surface area contributed by atoms with Crippen molar-refractivity contribution in [1.29, 1.82) is 0 Å². The van der Waals surface area contributed by atoms with Gasteiger partial charge >= 0.3 is 0 Å². The van der Waals surface area contributed by atoms with E-state index in [0.717, 1.165) is 48.7 Å². The van der Waals surface area contributed by atoms with Crippen LogP contribution in [-0.2, 0) is 29.4 Å². The Kier molecular flexibility index (Phi) is 4.55. The molecule has 4 rings (SSSR count). The highest BCUT2D eigenvalue weighted by molar-refractivity contribution is 7.89. The van der Waals surface area contributed by atoms with Crippen molar-refractivity contribution in [2.45, 2.75) is 37.1 Å². The number of hydrogen-bond donors (Lipinski definition) is 1. The number of hydrogen-bond acceptors (Lipinski definition) is 7. The Hall–Kier alpha value is -2.17. The molecule has 2 heterocycles. The summed E-state index contributed by atoms with van der Waals surface area (Å²) in [7, 11) is -3.75. The molecule has 3 aromatic rings. The van der Waals surface area contributed by atoms with Crippen LogP contribution in [0.1, 0.15) is 24.1 Å². The van der Waals surface area contributed by atoms with E-state index in [1.165, 1.54) is 10.7 Å². The molecular weight excluding hydrogens is 374 g/mol. The van der Waals surface area contributed by atoms with Gasteiger partial charge in [-0.25, -0.2) is 17.8 Å². The number of nitrogens with zero attached hydrogens (tertiary/aromatic N) is 4. The van der Waals surface area contributed by atoms with Crippen molar-refractivity contribution in [2.75, 3.05) is 6.54 Å². The van der Waals surface area contributed by atoms with Crippen LogP contribution in [0.2, 0.25) is 0 Å². The normalized spacial score (nSPS) is 14.5. The Bertz CT molecular complexity index is 1120. The average Bonchev–Trinajstić information content (AvgIpc) is 3.10. The summed E-state index contributed by atoms with van der Waals surface area (Å²) in [5.74, 6) is 0. The van der Waals surface area contributed by atoms with E-state index in [0.29, 0.717) is 11.0 Å². The molecule has 0 saturated carbocycles. The molecule has 136 valence electrons. The molecule has 1 aliphatic carbocycles. The summed E-state index contributed by atoms with van der Waals surface area (Å²) < 4.78 is 37.1. The predicted octanol–water partition coefficient (Wildman–Crippen LogP) is 1.11. The smallest absolute Gasteiger partial charge is 0.267 e. The molecule has 1 aliphatic rings. The molecule has 0 amide bonds. The molecule has 2 aromatic heterocycles. The van der Waals surface area contributed by atoms with E-state index in [9.17, 15) is 13.2 Å². The third kappa shape index (κ3) is 3.27. The number of aromatic nitrogens is 4. The molecule has 0 bridgehead atoms. The van der Waals surface area contributed by atoms with Gasteiger partial charge in [0.15, 0.2) is 0 Å². The van der Waals surface area contributed by atoms with Gasteiger partial charge in [0.25, 0.3) is 5.56 Å². The van der Waals surface area contributed by atoms with Crippen molar-refractivity contribution in [3.8, 4) is 0 Å². The van der Waals surface area contributed by atoms with Gasteiger partial charge in [0.2, 0.25) is 10.0 Å². The lowest BCUT2D eigenvalue weighted by Gasteiger charge is -2.16. The summed E-state index contributed by atoms with van der Waals surface area (Å²) in [5, 5.41) is 4.40. The third-order valence-corrected chi connectivity index (χ3v) is 6.46. The minimum atomic E-state index is -3.75. The maximum Gasteiger partial charge on any atom is 0.267 e. The first-order chi connectivity index (χ1) is 12.5. The first-order valence-corrected chi connectivity index (χ1v) is 10.6. The molecule has 0 saturated heterocycles. The molecule has 0 unspecified atom stereocenters. The van der Waals surface area contributed by atoms with Crippen molar-refractivity contribution in [1.82, 2.24) is 23.2 Å². The Morgan fingerprint density at radius 3 is 2.92 bits per heavy atom. The van der Waals surface area contributed by atoms with Crippen LogP contribution in [0, 0.1) is 0 Å². The van der Waals surface area contributed by atoms with Crippen molar-refractivity contribution in [3.05, 3.63) is 45.9 Å². The first-order valence-electron chi connectivity index (χ1n) is 8.35. The number of rotatable bonds is 5. The lowest BCUT2D eigenvalue weighted by molar-refractivity contribution is 0.526. The predicted molar refractivity (Wildman–Crippen MR) is 97.7 cm³/mol. The molecule has 0 aliphatic heterocycles.